The number of ether oxygens (including phenoxy) is 1. The van der Waals surface area contributed by atoms with E-state index in [9.17, 15) is 9.59 Å². The number of benzene rings is 1. The summed E-state index contributed by atoms with van der Waals surface area (Å²) in [7, 11) is 0. The summed E-state index contributed by atoms with van der Waals surface area (Å²) in [6.07, 6.45) is 3.59. The first-order chi connectivity index (χ1) is 14.1. The van der Waals surface area contributed by atoms with Crippen molar-refractivity contribution in [1.29, 1.82) is 0 Å². The highest BCUT2D eigenvalue weighted by molar-refractivity contribution is 5.83. The van der Waals surface area contributed by atoms with Crippen LogP contribution < -0.4 is 0 Å². The number of aryl methyl sites for hydroxylation is 1. The van der Waals surface area contributed by atoms with E-state index < -0.39 is 0 Å². The molecule has 158 valence electrons. The molecular formula is C23H33N3O3. The van der Waals surface area contributed by atoms with Crippen LogP contribution in [0.15, 0.2) is 24.3 Å². The summed E-state index contributed by atoms with van der Waals surface area (Å²) in [6.45, 7) is 8.02. The summed E-state index contributed by atoms with van der Waals surface area (Å²) >= 11 is 0. The molecule has 0 bridgehead atoms. The van der Waals surface area contributed by atoms with Crippen LogP contribution in [0.25, 0.3) is 0 Å². The number of likely N-dealkylation sites (tertiary alicyclic amines) is 2. The molecule has 0 aromatic heterocycles. The molecule has 3 aliphatic rings. The van der Waals surface area contributed by atoms with Crippen LogP contribution in [0.4, 0.5) is 0 Å². The summed E-state index contributed by atoms with van der Waals surface area (Å²) in [5, 5.41) is 0. The van der Waals surface area contributed by atoms with Crippen molar-refractivity contribution in [3.8, 4) is 0 Å². The number of hydrogen-bond acceptors (Lipinski definition) is 4. The third kappa shape index (κ3) is 4.81. The molecule has 1 atom stereocenters. The Morgan fingerprint density at radius 1 is 0.966 bits per heavy atom. The number of nitrogens with zero attached hydrogens (tertiary/aromatic N) is 3. The van der Waals surface area contributed by atoms with E-state index in [2.05, 4.69) is 36.1 Å². The highest BCUT2D eigenvalue weighted by Gasteiger charge is 2.36. The van der Waals surface area contributed by atoms with Crippen LogP contribution in [0.3, 0.4) is 0 Å². The summed E-state index contributed by atoms with van der Waals surface area (Å²) in [5.41, 5.74) is 2.54. The molecule has 3 fully saturated rings. The van der Waals surface area contributed by atoms with E-state index in [0.29, 0.717) is 39.4 Å². The zero-order valence-electron chi connectivity index (χ0n) is 17.5. The molecule has 1 aromatic carbocycles. The third-order valence-corrected chi connectivity index (χ3v) is 6.60. The molecule has 6 nitrogen and oxygen atoms in total. The van der Waals surface area contributed by atoms with Gasteiger partial charge in [-0.25, -0.2) is 0 Å². The van der Waals surface area contributed by atoms with Gasteiger partial charge in [0, 0.05) is 38.6 Å². The van der Waals surface area contributed by atoms with Crippen molar-refractivity contribution in [3.05, 3.63) is 35.4 Å². The quantitative estimate of drug-likeness (QED) is 0.778. The molecule has 6 heteroatoms. The second-order valence-electron chi connectivity index (χ2n) is 8.65. The van der Waals surface area contributed by atoms with Gasteiger partial charge in [0.15, 0.2) is 0 Å². The molecule has 1 unspecified atom stereocenters. The maximum Gasteiger partial charge on any atom is 0.239 e. The van der Waals surface area contributed by atoms with Crippen LogP contribution in [0, 0.1) is 12.8 Å². The van der Waals surface area contributed by atoms with Crippen LogP contribution >= 0.6 is 0 Å². The van der Waals surface area contributed by atoms with E-state index >= 15 is 0 Å². The Kier molecular flexibility index (Phi) is 6.50. The standard InChI is InChI=1S/C23H33N3O3/c1-18-4-2-5-19(16-18)17-26-9-3-6-21(26)23(28)24-10-7-20(8-11-24)22(27)25-12-14-29-15-13-25/h2,4-5,16,20-21H,3,6-15,17H2,1H3. The van der Waals surface area contributed by atoms with Gasteiger partial charge in [-0.2, -0.15) is 0 Å². The van der Waals surface area contributed by atoms with Crippen molar-refractivity contribution < 1.29 is 14.3 Å². The lowest BCUT2D eigenvalue weighted by Crippen LogP contribution is -2.51. The number of carbonyl (C=O) groups excluding carboxylic acids is 2. The molecule has 4 rings (SSSR count). The van der Waals surface area contributed by atoms with Crippen molar-refractivity contribution in [1.82, 2.24) is 14.7 Å². The molecule has 0 radical (unpaired) electrons. The molecule has 29 heavy (non-hydrogen) atoms. The fourth-order valence-corrected chi connectivity index (χ4v) is 4.94. The second-order valence-corrected chi connectivity index (χ2v) is 8.65. The van der Waals surface area contributed by atoms with Crippen LogP contribution in [0.2, 0.25) is 0 Å². The van der Waals surface area contributed by atoms with Crippen molar-refractivity contribution in [2.75, 3.05) is 45.9 Å². The molecule has 1 aromatic rings. The summed E-state index contributed by atoms with van der Waals surface area (Å²) in [6, 6.07) is 8.55. The van der Waals surface area contributed by atoms with Crippen molar-refractivity contribution in [2.24, 2.45) is 5.92 Å². The molecule has 3 saturated heterocycles. The Morgan fingerprint density at radius 3 is 2.41 bits per heavy atom. The van der Waals surface area contributed by atoms with Gasteiger partial charge in [0.25, 0.3) is 0 Å². The zero-order chi connectivity index (χ0) is 20.2. The van der Waals surface area contributed by atoms with Crippen LogP contribution in [-0.2, 0) is 20.9 Å². The molecule has 0 spiro atoms. The zero-order valence-corrected chi connectivity index (χ0v) is 17.5. The maximum absolute atomic E-state index is 13.2. The van der Waals surface area contributed by atoms with Gasteiger partial charge in [0.2, 0.25) is 11.8 Å². The Hall–Kier alpha value is -1.92. The van der Waals surface area contributed by atoms with E-state index in [1.54, 1.807) is 0 Å². The number of piperidine rings is 1. The van der Waals surface area contributed by atoms with Gasteiger partial charge in [0.05, 0.1) is 19.3 Å². The topological polar surface area (TPSA) is 53.1 Å². The fraction of sp³-hybridized carbons (Fsp3) is 0.652. The number of amides is 2. The lowest BCUT2D eigenvalue weighted by Gasteiger charge is -2.37. The van der Waals surface area contributed by atoms with Gasteiger partial charge in [-0.1, -0.05) is 29.8 Å². The maximum atomic E-state index is 13.2. The first kappa shape index (κ1) is 20.4. The third-order valence-electron chi connectivity index (χ3n) is 6.60. The Bertz CT molecular complexity index is 724. The normalized spacial score (nSPS) is 24.1. The molecule has 0 saturated carbocycles. The predicted octanol–water partition coefficient (Wildman–Crippen LogP) is 2.06. The molecule has 3 heterocycles. The van der Waals surface area contributed by atoms with Gasteiger partial charge in [-0.05, 0) is 44.7 Å². The van der Waals surface area contributed by atoms with Crippen LogP contribution in [0.1, 0.15) is 36.8 Å². The predicted molar refractivity (Wildman–Crippen MR) is 111 cm³/mol. The first-order valence-corrected chi connectivity index (χ1v) is 11.1. The Balaban J connectivity index is 1.31. The van der Waals surface area contributed by atoms with Crippen molar-refractivity contribution in [2.45, 2.75) is 45.2 Å². The van der Waals surface area contributed by atoms with Crippen molar-refractivity contribution >= 4 is 11.8 Å². The van der Waals surface area contributed by atoms with Crippen LogP contribution in [-0.4, -0.2) is 78.5 Å². The van der Waals surface area contributed by atoms with Gasteiger partial charge >= 0.3 is 0 Å². The van der Waals surface area contributed by atoms with E-state index in [0.717, 1.165) is 38.8 Å². The Morgan fingerprint density at radius 2 is 1.69 bits per heavy atom. The molecule has 3 aliphatic heterocycles. The SMILES string of the molecule is Cc1cccc(CN2CCCC2C(=O)N2CCC(C(=O)N3CCOCC3)CC2)c1. The molecule has 0 N–H and O–H groups in total. The van der Waals surface area contributed by atoms with Gasteiger partial charge < -0.3 is 14.5 Å². The van der Waals surface area contributed by atoms with E-state index in [-0.39, 0.29) is 23.8 Å². The van der Waals surface area contributed by atoms with Gasteiger partial charge in [0.1, 0.15) is 0 Å². The lowest BCUT2D eigenvalue weighted by molar-refractivity contribution is -0.145. The Labute approximate surface area is 173 Å². The second kappa shape index (κ2) is 9.26. The largest absolute Gasteiger partial charge is 0.378 e. The average Bonchev–Trinajstić information content (AvgIpc) is 3.21. The minimum Gasteiger partial charge on any atom is -0.378 e. The van der Waals surface area contributed by atoms with E-state index in [4.69, 9.17) is 4.74 Å². The summed E-state index contributed by atoms with van der Waals surface area (Å²) in [5.74, 6) is 0.568. The van der Waals surface area contributed by atoms with Gasteiger partial charge in [-0.3, -0.25) is 14.5 Å². The van der Waals surface area contributed by atoms with E-state index in [1.165, 1.54) is 11.1 Å². The smallest absolute Gasteiger partial charge is 0.239 e. The number of morpholine rings is 1. The molecular weight excluding hydrogens is 366 g/mol. The van der Waals surface area contributed by atoms with Crippen molar-refractivity contribution in [3.63, 3.8) is 0 Å². The minimum atomic E-state index is -0.0120. The fourth-order valence-electron chi connectivity index (χ4n) is 4.94. The highest BCUT2D eigenvalue weighted by Crippen LogP contribution is 2.26. The molecule has 2 amide bonds. The average molecular weight is 400 g/mol. The first-order valence-electron chi connectivity index (χ1n) is 11.1. The number of rotatable bonds is 4. The van der Waals surface area contributed by atoms with Gasteiger partial charge in [-0.15, -0.1) is 0 Å². The lowest BCUT2D eigenvalue weighted by atomic mass is 9.94. The molecule has 0 aliphatic carbocycles. The highest BCUT2D eigenvalue weighted by atomic mass is 16.5. The van der Waals surface area contributed by atoms with Crippen LogP contribution in [0.5, 0.6) is 0 Å². The number of carbonyl (C=O) groups is 2. The summed E-state index contributed by atoms with van der Waals surface area (Å²) in [4.78, 5) is 32.2. The number of hydrogen-bond donors (Lipinski definition) is 0. The monoisotopic (exact) mass is 399 g/mol. The van der Waals surface area contributed by atoms with E-state index in [1.807, 2.05) is 9.80 Å². The minimum absolute atomic E-state index is 0.0120. The summed E-state index contributed by atoms with van der Waals surface area (Å²) < 4.78 is 5.35.